The molecule has 0 aliphatic carbocycles. The van der Waals surface area contributed by atoms with Crippen LogP contribution in [0.4, 0.5) is 0 Å². The first-order valence-corrected chi connectivity index (χ1v) is 10.8. The summed E-state index contributed by atoms with van der Waals surface area (Å²) >= 11 is 6.11. The number of ether oxygens (including phenoxy) is 1. The van der Waals surface area contributed by atoms with Crippen molar-refractivity contribution in [2.45, 2.75) is 32.0 Å². The van der Waals surface area contributed by atoms with E-state index in [1.807, 2.05) is 30.3 Å². The van der Waals surface area contributed by atoms with Gasteiger partial charge in [0, 0.05) is 6.54 Å². The number of hydrogen-bond acceptors (Lipinski definition) is 6. The van der Waals surface area contributed by atoms with E-state index in [-0.39, 0.29) is 25.1 Å². The van der Waals surface area contributed by atoms with Gasteiger partial charge in [-0.1, -0.05) is 54.1 Å². The Morgan fingerprint density at radius 3 is 2.61 bits per heavy atom. The first-order valence-electron chi connectivity index (χ1n) is 10.4. The maximum atomic E-state index is 12.6. The molecule has 1 aromatic heterocycles. The minimum atomic E-state index is -0.147. The zero-order valence-electron chi connectivity index (χ0n) is 17.2. The molecule has 1 N–H and O–H groups in total. The molecule has 0 bridgehead atoms. The van der Waals surface area contributed by atoms with Gasteiger partial charge in [0.1, 0.15) is 18.9 Å². The monoisotopic (exact) mass is 440 g/mol. The number of amides is 1. The van der Waals surface area contributed by atoms with E-state index in [0.29, 0.717) is 23.1 Å². The maximum absolute atomic E-state index is 12.6. The Morgan fingerprint density at radius 1 is 1.10 bits per heavy atom. The Labute approximate surface area is 186 Å². The highest BCUT2D eigenvalue weighted by Gasteiger charge is 2.24. The predicted octanol–water partition coefficient (Wildman–Crippen LogP) is 2.86. The molecule has 0 radical (unpaired) electrons. The molecule has 162 valence electrons. The lowest BCUT2D eigenvalue weighted by Gasteiger charge is -2.28. The Hall–Kier alpha value is -2.97. The lowest BCUT2D eigenvalue weighted by Crippen LogP contribution is -2.38. The quantitative estimate of drug-likeness (QED) is 0.550. The highest BCUT2D eigenvalue weighted by Crippen LogP contribution is 2.25. The number of carbonyl (C=O) groups is 1. The first kappa shape index (κ1) is 21.3. The van der Waals surface area contributed by atoms with Crippen LogP contribution in [0.1, 0.15) is 30.3 Å². The molecule has 2 aromatic carbocycles. The summed E-state index contributed by atoms with van der Waals surface area (Å²) in [6.07, 6.45) is 2.38. The number of benzene rings is 2. The Bertz CT molecular complexity index is 990. The van der Waals surface area contributed by atoms with Crippen molar-refractivity contribution >= 4 is 17.5 Å². The van der Waals surface area contributed by atoms with E-state index >= 15 is 0 Å². The number of nitrogens with zero attached hydrogens (tertiary/aromatic N) is 5. The molecule has 1 unspecified atom stereocenters. The molecule has 8 nitrogen and oxygen atoms in total. The number of carbonyl (C=O) groups excluding carboxylic acids is 1. The van der Waals surface area contributed by atoms with Gasteiger partial charge < -0.3 is 10.1 Å². The van der Waals surface area contributed by atoms with E-state index in [4.69, 9.17) is 16.3 Å². The zero-order chi connectivity index (χ0) is 21.5. The fourth-order valence-electron chi connectivity index (χ4n) is 3.74. The Kier molecular flexibility index (Phi) is 7.11. The van der Waals surface area contributed by atoms with Crippen molar-refractivity contribution in [1.29, 1.82) is 0 Å². The van der Waals surface area contributed by atoms with Crippen molar-refractivity contribution in [3.8, 4) is 5.75 Å². The molecule has 1 fully saturated rings. The van der Waals surface area contributed by atoms with E-state index in [0.717, 1.165) is 13.1 Å². The molecule has 1 amide bonds. The van der Waals surface area contributed by atoms with Crippen molar-refractivity contribution in [3.63, 3.8) is 0 Å². The fourth-order valence-corrected chi connectivity index (χ4v) is 3.93. The molecular formula is C22H25ClN6O2. The average Bonchev–Trinajstić information content (AvgIpc) is 3.47. The van der Waals surface area contributed by atoms with Crippen LogP contribution in [0.2, 0.25) is 5.02 Å². The number of halogens is 1. The highest BCUT2D eigenvalue weighted by molar-refractivity contribution is 6.32. The number of hydrogen-bond donors (Lipinski definition) is 1. The van der Waals surface area contributed by atoms with Gasteiger partial charge in [-0.05, 0) is 54.1 Å². The lowest BCUT2D eigenvalue weighted by molar-refractivity contribution is -0.122. The molecule has 1 saturated heterocycles. The lowest BCUT2D eigenvalue weighted by atomic mass is 10.1. The van der Waals surface area contributed by atoms with Gasteiger partial charge >= 0.3 is 0 Å². The van der Waals surface area contributed by atoms with Crippen LogP contribution in [-0.4, -0.2) is 50.6 Å². The number of rotatable bonds is 9. The van der Waals surface area contributed by atoms with Gasteiger partial charge in [0.2, 0.25) is 5.91 Å². The second-order valence-corrected chi connectivity index (χ2v) is 7.85. The number of nitrogens with one attached hydrogen (secondary N) is 1. The van der Waals surface area contributed by atoms with Crippen molar-refractivity contribution in [3.05, 3.63) is 71.0 Å². The summed E-state index contributed by atoms with van der Waals surface area (Å²) in [5.41, 5.74) is 1.21. The minimum Gasteiger partial charge on any atom is -0.484 e. The van der Waals surface area contributed by atoms with Crippen molar-refractivity contribution in [1.82, 2.24) is 30.4 Å². The van der Waals surface area contributed by atoms with Crippen molar-refractivity contribution in [2.24, 2.45) is 0 Å². The van der Waals surface area contributed by atoms with Gasteiger partial charge in [-0.25, -0.2) is 4.68 Å². The molecular weight excluding hydrogens is 416 g/mol. The summed E-state index contributed by atoms with van der Waals surface area (Å²) in [4.78, 5) is 15.1. The minimum absolute atomic E-state index is 0.0235. The molecule has 3 aromatic rings. The molecule has 1 aliphatic rings. The summed E-state index contributed by atoms with van der Waals surface area (Å²) < 4.78 is 7.14. The Morgan fingerprint density at radius 2 is 1.84 bits per heavy atom. The van der Waals surface area contributed by atoms with Gasteiger partial charge in [0.25, 0.3) is 0 Å². The van der Waals surface area contributed by atoms with Gasteiger partial charge in [-0.15, -0.1) is 5.10 Å². The van der Waals surface area contributed by atoms with Gasteiger partial charge in [0.15, 0.2) is 5.82 Å². The summed E-state index contributed by atoms with van der Waals surface area (Å²) in [5, 5.41) is 15.1. The average molecular weight is 441 g/mol. The Balaban J connectivity index is 1.34. The van der Waals surface area contributed by atoms with Crippen LogP contribution in [0.5, 0.6) is 5.75 Å². The van der Waals surface area contributed by atoms with Crippen LogP contribution in [0.25, 0.3) is 0 Å². The van der Waals surface area contributed by atoms with E-state index in [1.165, 1.54) is 23.1 Å². The van der Waals surface area contributed by atoms with Gasteiger partial charge in [-0.3, -0.25) is 9.69 Å². The van der Waals surface area contributed by atoms with E-state index < -0.39 is 0 Å². The fraction of sp³-hybridized carbons (Fsp3) is 0.364. The summed E-state index contributed by atoms with van der Waals surface area (Å²) in [6.45, 7) is 2.77. The second kappa shape index (κ2) is 10.4. The molecule has 1 aliphatic heterocycles. The molecule has 1 atom stereocenters. The predicted molar refractivity (Wildman–Crippen MR) is 117 cm³/mol. The van der Waals surface area contributed by atoms with Crippen LogP contribution >= 0.6 is 11.6 Å². The van der Waals surface area contributed by atoms with E-state index in [9.17, 15) is 4.79 Å². The van der Waals surface area contributed by atoms with E-state index in [2.05, 4.69) is 37.9 Å². The molecule has 9 heteroatoms. The van der Waals surface area contributed by atoms with E-state index in [1.54, 1.807) is 12.1 Å². The normalized spacial score (nSPS) is 15.0. The van der Waals surface area contributed by atoms with Gasteiger partial charge in [-0.2, -0.15) is 0 Å². The zero-order valence-corrected chi connectivity index (χ0v) is 17.9. The summed E-state index contributed by atoms with van der Waals surface area (Å²) in [7, 11) is 0. The maximum Gasteiger partial charge on any atom is 0.241 e. The van der Waals surface area contributed by atoms with Crippen LogP contribution < -0.4 is 10.1 Å². The third kappa shape index (κ3) is 5.59. The first-order chi connectivity index (χ1) is 15.2. The topological polar surface area (TPSA) is 85.2 Å². The molecule has 0 spiro atoms. The van der Waals surface area contributed by atoms with Crippen LogP contribution in [0.3, 0.4) is 0 Å². The third-order valence-corrected chi connectivity index (χ3v) is 5.66. The van der Waals surface area contributed by atoms with Crippen LogP contribution in [-0.2, 0) is 17.9 Å². The second-order valence-electron chi connectivity index (χ2n) is 7.45. The summed E-state index contributed by atoms with van der Waals surface area (Å²) in [5.74, 6) is 0.847. The highest BCUT2D eigenvalue weighted by atomic mass is 35.5. The molecule has 4 rings (SSSR count). The number of aromatic nitrogens is 4. The molecule has 31 heavy (non-hydrogen) atoms. The molecule has 2 heterocycles. The SMILES string of the molecule is O=C(Cn1nnnc1COc1ccccc1Cl)NCC(c1ccccc1)N1CCCC1. The summed E-state index contributed by atoms with van der Waals surface area (Å²) in [6, 6.07) is 17.6. The van der Waals surface area contributed by atoms with Crippen LogP contribution in [0.15, 0.2) is 54.6 Å². The number of para-hydroxylation sites is 1. The number of tetrazole rings is 1. The smallest absolute Gasteiger partial charge is 0.241 e. The standard InChI is InChI=1S/C22H25ClN6O2/c23-18-10-4-5-11-20(18)31-16-21-25-26-27-29(21)15-22(30)24-14-19(28-12-6-7-13-28)17-8-2-1-3-9-17/h1-5,8-11,19H,6-7,12-16H2,(H,24,30). The third-order valence-electron chi connectivity index (χ3n) is 5.35. The van der Waals surface area contributed by atoms with Crippen molar-refractivity contribution < 1.29 is 9.53 Å². The number of likely N-dealkylation sites (tertiary alicyclic amines) is 1. The van der Waals surface area contributed by atoms with Gasteiger partial charge in [0.05, 0.1) is 11.1 Å². The largest absolute Gasteiger partial charge is 0.484 e. The van der Waals surface area contributed by atoms with Crippen LogP contribution in [0, 0.1) is 0 Å². The molecule has 0 saturated carbocycles. The van der Waals surface area contributed by atoms with Crippen molar-refractivity contribution in [2.75, 3.05) is 19.6 Å².